The van der Waals surface area contributed by atoms with Crippen molar-refractivity contribution < 1.29 is 9.32 Å². The van der Waals surface area contributed by atoms with E-state index in [2.05, 4.69) is 15.8 Å². The van der Waals surface area contributed by atoms with Gasteiger partial charge in [0, 0.05) is 12.1 Å². The van der Waals surface area contributed by atoms with Crippen molar-refractivity contribution in [3.05, 3.63) is 18.0 Å². The van der Waals surface area contributed by atoms with Gasteiger partial charge in [0.2, 0.25) is 5.76 Å². The van der Waals surface area contributed by atoms with E-state index < -0.39 is 0 Å². The Morgan fingerprint density at radius 2 is 2.62 bits per heavy atom. The summed E-state index contributed by atoms with van der Waals surface area (Å²) in [5, 5.41) is 9.79. The minimum absolute atomic E-state index is 0.158. The van der Waals surface area contributed by atoms with Gasteiger partial charge in [0.05, 0.1) is 6.20 Å². The Kier molecular flexibility index (Phi) is 3.56. The second-order valence-corrected chi connectivity index (χ2v) is 4.25. The quantitative estimate of drug-likeness (QED) is 0.795. The molecule has 16 heavy (non-hydrogen) atoms. The number of rotatable bonds is 3. The monoisotopic (exact) mass is 223 g/mol. The van der Waals surface area contributed by atoms with Crippen LogP contribution in [0.25, 0.3) is 0 Å². The molecule has 5 nitrogen and oxygen atoms in total. The molecule has 2 heterocycles. The minimum atomic E-state index is -0.185. The molecule has 2 rings (SSSR count). The topological polar surface area (TPSA) is 67.2 Å². The number of nitrogens with zero attached hydrogens (tertiary/aromatic N) is 1. The Morgan fingerprint density at radius 3 is 3.25 bits per heavy atom. The van der Waals surface area contributed by atoms with Crippen LogP contribution in [0.4, 0.5) is 0 Å². The molecule has 1 aromatic heterocycles. The summed E-state index contributed by atoms with van der Waals surface area (Å²) in [7, 11) is 0. The zero-order valence-electron chi connectivity index (χ0n) is 9.40. The standard InChI is InChI=1S/C11H17N3O2/c1-8(9-3-2-5-12-7-9)14-11(15)10-4-6-13-16-10/h4,6,8-9,12H,2-3,5,7H2,1H3,(H,14,15). The van der Waals surface area contributed by atoms with Crippen molar-refractivity contribution in [2.45, 2.75) is 25.8 Å². The van der Waals surface area contributed by atoms with Gasteiger partial charge in [-0.3, -0.25) is 4.79 Å². The van der Waals surface area contributed by atoms with E-state index in [1.807, 2.05) is 6.92 Å². The Morgan fingerprint density at radius 1 is 1.75 bits per heavy atom. The van der Waals surface area contributed by atoms with E-state index in [0.717, 1.165) is 19.5 Å². The summed E-state index contributed by atoms with van der Waals surface area (Å²) in [6.45, 7) is 4.09. The number of carbonyl (C=O) groups is 1. The highest BCUT2D eigenvalue weighted by atomic mass is 16.5. The van der Waals surface area contributed by atoms with Crippen LogP contribution in [0, 0.1) is 5.92 Å². The van der Waals surface area contributed by atoms with Gasteiger partial charge >= 0.3 is 0 Å². The highest BCUT2D eigenvalue weighted by Crippen LogP contribution is 2.14. The Labute approximate surface area is 94.6 Å². The first-order valence-electron chi connectivity index (χ1n) is 5.69. The lowest BCUT2D eigenvalue weighted by atomic mass is 9.93. The second kappa shape index (κ2) is 5.12. The lowest BCUT2D eigenvalue weighted by Gasteiger charge is -2.28. The van der Waals surface area contributed by atoms with Gasteiger partial charge in [-0.15, -0.1) is 0 Å². The molecule has 1 saturated heterocycles. The summed E-state index contributed by atoms with van der Waals surface area (Å²) in [4.78, 5) is 11.7. The summed E-state index contributed by atoms with van der Waals surface area (Å²) in [6.07, 6.45) is 3.81. The van der Waals surface area contributed by atoms with Gasteiger partial charge in [-0.05, 0) is 38.8 Å². The molecule has 1 amide bonds. The van der Waals surface area contributed by atoms with Crippen molar-refractivity contribution in [3.8, 4) is 0 Å². The molecule has 1 aromatic rings. The molecule has 2 N–H and O–H groups in total. The summed E-state index contributed by atoms with van der Waals surface area (Å²) in [5.41, 5.74) is 0. The minimum Gasteiger partial charge on any atom is -0.351 e. The molecule has 0 aromatic carbocycles. The number of carbonyl (C=O) groups excluding carboxylic acids is 1. The van der Waals surface area contributed by atoms with Crippen LogP contribution in [0.2, 0.25) is 0 Å². The van der Waals surface area contributed by atoms with Crippen molar-refractivity contribution in [2.24, 2.45) is 5.92 Å². The average Bonchev–Trinajstić information content (AvgIpc) is 2.83. The molecule has 0 bridgehead atoms. The van der Waals surface area contributed by atoms with Crippen LogP contribution < -0.4 is 10.6 Å². The smallest absolute Gasteiger partial charge is 0.290 e. The number of piperidine rings is 1. The van der Waals surface area contributed by atoms with Gasteiger partial charge in [-0.2, -0.15) is 0 Å². The molecule has 2 atom stereocenters. The number of aromatic nitrogens is 1. The van der Waals surface area contributed by atoms with E-state index in [1.165, 1.54) is 12.6 Å². The highest BCUT2D eigenvalue weighted by molar-refractivity contribution is 5.91. The third-order valence-electron chi connectivity index (χ3n) is 3.06. The van der Waals surface area contributed by atoms with Crippen molar-refractivity contribution >= 4 is 5.91 Å². The predicted octanol–water partition coefficient (Wildman–Crippen LogP) is 0.792. The molecule has 0 radical (unpaired) electrons. The Balaban J connectivity index is 1.86. The molecule has 1 aliphatic heterocycles. The molecular weight excluding hydrogens is 206 g/mol. The van der Waals surface area contributed by atoms with Crippen LogP contribution in [0.5, 0.6) is 0 Å². The van der Waals surface area contributed by atoms with Crippen LogP contribution in [-0.4, -0.2) is 30.2 Å². The summed E-state index contributed by atoms with van der Waals surface area (Å²) in [6, 6.07) is 1.73. The predicted molar refractivity (Wildman–Crippen MR) is 59.0 cm³/mol. The van der Waals surface area contributed by atoms with E-state index in [1.54, 1.807) is 6.07 Å². The summed E-state index contributed by atoms with van der Waals surface area (Å²) < 4.78 is 4.81. The fourth-order valence-corrected chi connectivity index (χ4v) is 2.03. The molecule has 1 aliphatic rings. The van der Waals surface area contributed by atoms with E-state index in [0.29, 0.717) is 5.92 Å². The van der Waals surface area contributed by atoms with Gasteiger partial charge in [0.1, 0.15) is 0 Å². The van der Waals surface area contributed by atoms with Gasteiger partial charge < -0.3 is 15.2 Å². The van der Waals surface area contributed by atoms with Crippen molar-refractivity contribution in [2.75, 3.05) is 13.1 Å². The van der Waals surface area contributed by atoms with Crippen LogP contribution in [0.3, 0.4) is 0 Å². The first-order valence-corrected chi connectivity index (χ1v) is 5.69. The van der Waals surface area contributed by atoms with Crippen molar-refractivity contribution in [1.82, 2.24) is 15.8 Å². The van der Waals surface area contributed by atoms with Gasteiger partial charge in [0.25, 0.3) is 5.91 Å². The molecule has 0 spiro atoms. The van der Waals surface area contributed by atoms with Crippen molar-refractivity contribution in [1.29, 1.82) is 0 Å². The number of amides is 1. The molecule has 5 heteroatoms. The molecular formula is C11H17N3O2. The molecule has 2 unspecified atom stereocenters. The number of hydrogen-bond acceptors (Lipinski definition) is 4. The average molecular weight is 223 g/mol. The highest BCUT2D eigenvalue weighted by Gasteiger charge is 2.22. The molecule has 88 valence electrons. The summed E-state index contributed by atoms with van der Waals surface area (Å²) in [5.74, 6) is 0.590. The van der Waals surface area contributed by atoms with Crippen LogP contribution in [0.15, 0.2) is 16.8 Å². The van der Waals surface area contributed by atoms with Gasteiger partial charge in [-0.25, -0.2) is 0 Å². The maximum absolute atomic E-state index is 11.7. The second-order valence-electron chi connectivity index (χ2n) is 4.25. The fourth-order valence-electron chi connectivity index (χ4n) is 2.03. The Hall–Kier alpha value is -1.36. The van der Waals surface area contributed by atoms with Crippen LogP contribution in [0.1, 0.15) is 30.3 Å². The molecule has 0 saturated carbocycles. The van der Waals surface area contributed by atoms with E-state index in [4.69, 9.17) is 4.52 Å². The zero-order chi connectivity index (χ0) is 11.4. The van der Waals surface area contributed by atoms with Crippen LogP contribution in [-0.2, 0) is 0 Å². The number of hydrogen-bond donors (Lipinski definition) is 2. The third-order valence-corrected chi connectivity index (χ3v) is 3.06. The van der Waals surface area contributed by atoms with Gasteiger partial charge in [-0.1, -0.05) is 5.16 Å². The van der Waals surface area contributed by atoms with Crippen molar-refractivity contribution in [3.63, 3.8) is 0 Å². The van der Waals surface area contributed by atoms with E-state index >= 15 is 0 Å². The van der Waals surface area contributed by atoms with E-state index in [-0.39, 0.29) is 17.7 Å². The van der Waals surface area contributed by atoms with Gasteiger partial charge in [0.15, 0.2) is 0 Å². The zero-order valence-corrected chi connectivity index (χ0v) is 9.40. The maximum atomic E-state index is 11.7. The van der Waals surface area contributed by atoms with Crippen LogP contribution >= 0.6 is 0 Å². The maximum Gasteiger partial charge on any atom is 0.290 e. The summed E-state index contributed by atoms with van der Waals surface area (Å²) >= 11 is 0. The first kappa shape index (κ1) is 11.1. The fraction of sp³-hybridized carbons (Fsp3) is 0.636. The largest absolute Gasteiger partial charge is 0.351 e. The first-order chi connectivity index (χ1) is 7.77. The number of nitrogens with one attached hydrogen (secondary N) is 2. The normalized spacial score (nSPS) is 22.7. The van der Waals surface area contributed by atoms with E-state index in [9.17, 15) is 4.79 Å². The lowest BCUT2D eigenvalue weighted by Crippen LogP contribution is -2.44. The third kappa shape index (κ3) is 2.61. The lowest BCUT2D eigenvalue weighted by molar-refractivity contribution is 0.0884. The SMILES string of the molecule is CC(NC(=O)c1ccno1)C1CCCNC1. The molecule has 1 fully saturated rings. The Bertz CT molecular complexity index is 331. The molecule has 0 aliphatic carbocycles.